The van der Waals surface area contributed by atoms with Gasteiger partial charge in [0.1, 0.15) is 5.69 Å². The van der Waals surface area contributed by atoms with E-state index in [1.54, 1.807) is 30.1 Å². The van der Waals surface area contributed by atoms with Crippen molar-refractivity contribution >= 4 is 16.8 Å². The first-order chi connectivity index (χ1) is 13.6. The highest BCUT2D eigenvalue weighted by molar-refractivity contribution is 6.04. The molecule has 0 radical (unpaired) electrons. The van der Waals surface area contributed by atoms with Gasteiger partial charge in [0.15, 0.2) is 0 Å². The zero-order valence-corrected chi connectivity index (χ0v) is 16.4. The van der Waals surface area contributed by atoms with Crippen molar-refractivity contribution in [3.63, 3.8) is 0 Å². The number of nitrogens with one attached hydrogen (secondary N) is 1. The maximum absolute atomic E-state index is 12.4. The number of hydrogen-bond acceptors (Lipinski definition) is 4. The first kappa shape index (κ1) is 20.8. The molecule has 0 unspecified atom stereocenters. The topological polar surface area (TPSA) is 72.7 Å². The van der Waals surface area contributed by atoms with Crippen LogP contribution in [-0.4, -0.2) is 37.9 Å². The van der Waals surface area contributed by atoms with Gasteiger partial charge in [-0.3, -0.25) is 19.4 Å². The van der Waals surface area contributed by atoms with Gasteiger partial charge in [0.2, 0.25) is 0 Å². The molecule has 6 nitrogen and oxygen atoms in total. The summed E-state index contributed by atoms with van der Waals surface area (Å²) >= 11 is 0. The summed E-state index contributed by atoms with van der Waals surface area (Å²) in [5.74, 6) is -0.267. The van der Waals surface area contributed by atoms with E-state index in [4.69, 9.17) is 0 Å². The van der Waals surface area contributed by atoms with Gasteiger partial charge in [-0.15, -0.1) is 0 Å². The van der Waals surface area contributed by atoms with Gasteiger partial charge in [-0.1, -0.05) is 6.07 Å². The molecule has 0 aliphatic heterocycles. The number of amides is 1. The predicted molar refractivity (Wildman–Crippen MR) is 103 cm³/mol. The van der Waals surface area contributed by atoms with E-state index in [1.807, 2.05) is 19.9 Å². The number of aromatic nitrogens is 4. The minimum absolute atomic E-state index is 0.0143. The monoisotopic (exact) mass is 405 g/mol. The van der Waals surface area contributed by atoms with Crippen LogP contribution in [0.4, 0.5) is 13.2 Å². The Labute approximate surface area is 166 Å². The van der Waals surface area contributed by atoms with Gasteiger partial charge in [-0.05, 0) is 44.4 Å². The molecule has 0 aliphatic carbocycles. The predicted octanol–water partition coefficient (Wildman–Crippen LogP) is 3.82. The Morgan fingerprint density at radius 3 is 2.69 bits per heavy atom. The minimum Gasteiger partial charge on any atom is -0.349 e. The summed E-state index contributed by atoms with van der Waals surface area (Å²) in [6.07, 6.45) is -0.383. The SMILES string of the molecule is Cc1cc(Cn2cc3c(C(=O)NC(C)C)nccc3n2)cnc1CCC(F)(F)F. The quantitative estimate of drug-likeness (QED) is 0.677. The first-order valence-corrected chi connectivity index (χ1v) is 9.26. The Morgan fingerprint density at radius 1 is 1.28 bits per heavy atom. The van der Waals surface area contributed by atoms with Crippen molar-refractivity contribution in [1.82, 2.24) is 25.1 Å². The minimum atomic E-state index is -4.20. The average Bonchev–Trinajstić information content (AvgIpc) is 3.01. The largest absolute Gasteiger partial charge is 0.389 e. The highest BCUT2D eigenvalue weighted by Crippen LogP contribution is 2.23. The number of nitrogens with zero attached hydrogens (tertiary/aromatic N) is 4. The number of fused-ring (bicyclic) bond motifs is 1. The normalized spacial score (nSPS) is 12.0. The van der Waals surface area contributed by atoms with Crippen LogP contribution >= 0.6 is 0 Å². The molecular formula is C20H22F3N5O. The van der Waals surface area contributed by atoms with Crippen LogP contribution in [-0.2, 0) is 13.0 Å². The fourth-order valence-corrected chi connectivity index (χ4v) is 3.04. The van der Waals surface area contributed by atoms with Crippen LogP contribution in [0.5, 0.6) is 0 Å². The summed E-state index contributed by atoms with van der Waals surface area (Å²) in [6, 6.07) is 3.52. The number of rotatable bonds is 6. The molecule has 29 heavy (non-hydrogen) atoms. The Kier molecular flexibility index (Phi) is 5.86. The van der Waals surface area contributed by atoms with Crippen LogP contribution < -0.4 is 5.32 Å². The number of halogens is 3. The van der Waals surface area contributed by atoms with E-state index in [2.05, 4.69) is 20.4 Å². The van der Waals surface area contributed by atoms with Gasteiger partial charge in [0.25, 0.3) is 5.91 Å². The van der Waals surface area contributed by atoms with Crippen LogP contribution in [0.3, 0.4) is 0 Å². The van der Waals surface area contributed by atoms with Crippen molar-refractivity contribution < 1.29 is 18.0 Å². The van der Waals surface area contributed by atoms with Crippen molar-refractivity contribution in [2.75, 3.05) is 0 Å². The third-order valence-electron chi connectivity index (χ3n) is 4.35. The van der Waals surface area contributed by atoms with Gasteiger partial charge >= 0.3 is 6.18 Å². The Bertz CT molecular complexity index is 1030. The van der Waals surface area contributed by atoms with Crippen LogP contribution in [0.15, 0.2) is 30.7 Å². The molecule has 0 aromatic carbocycles. The molecule has 0 bridgehead atoms. The molecule has 1 amide bonds. The molecule has 0 fully saturated rings. The van der Waals surface area contributed by atoms with Crippen molar-refractivity contribution in [3.8, 4) is 0 Å². The lowest BCUT2D eigenvalue weighted by molar-refractivity contribution is -0.134. The number of alkyl halides is 3. The Balaban J connectivity index is 1.80. The second kappa shape index (κ2) is 8.18. The van der Waals surface area contributed by atoms with E-state index >= 15 is 0 Å². The first-order valence-electron chi connectivity index (χ1n) is 9.26. The molecule has 0 aliphatic rings. The van der Waals surface area contributed by atoms with E-state index in [1.165, 1.54) is 6.20 Å². The summed E-state index contributed by atoms with van der Waals surface area (Å²) in [7, 11) is 0. The van der Waals surface area contributed by atoms with E-state index in [0.29, 0.717) is 34.4 Å². The summed E-state index contributed by atoms with van der Waals surface area (Å²) in [4.78, 5) is 20.7. The summed E-state index contributed by atoms with van der Waals surface area (Å²) in [6.45, 7) is 5.87. The Hall–Kier alpha value is -2.97. The van der Waals surface area contributed by atoms with Gasteiger partial charge in [-0.2, -0.15) is 18.3 Å². The highest BCUT2D eigenvalue weighted by atomic mass is 19.4. The zero-order chi connectivity index (χ0) is 21.2. The summed E-state index contributed by atoms with van der Waals surface area (Å²) in [5, 5.41) is 7.93. The molecule has 9 heteroatoms. The summed E-state index contributed by atoms with van der Waals surface area (Å²) < 4.78 is 39.0. The fraction of sp³-hybridized carbons (Fsp3) is 0.400. The summed E-state index contributed by atoms with van der Waals surface area (Å²) in [5.41, 5.74) is 2.91. The number of carbonyl (C=O) groups excluding carboxylic acids is 1. The van der Waals surface area contributed by atoms with E-state index < -0.39 is 12.6 Å². The molecule has 154 valence electrons. The highest BCUT2D eigenvalue weighted by Gasteiger charge is 2.27. The molecule has 3 rings (SSSR count). The third kappa shape index (κ3) is 5.30. The van der Waals surface area contributed by atoms with E-state index in [0.717, 1.165) is 5.56 Å². The smallest absolute Gasteiger partial charge is 0.349 e. The lowest BCUT2D eigenvalue weighted by Gasteiger charge is -2.09. The second-order valence-electron chi connectivity index (χ2n) is 7.27. The molecule has 0 saturated heterocycles. The van der Waals surface area contributed by atoms with E-state index in [-0.39, 0.29) is 18.4 Å². The van der Waals surface area contributed by atoms with Gasteiger partial charge < -0.3 is 5.32 Å². The zero-order valence-electron chi connectivity index (χ0n) is 16.4. The van der Waals surface area contributed by atoms with Gasteiger partial charge in [0, 0.05) is 36.7 Å². The maximum Gasteiger partial charge on any atom is 0.389 e. The lowest BCUT2D eigenvalue weighted by Crippen LogP contribution is -2.30. The molecule has 3 heterocycles. The van der Waals surface area contributed by atoms with Gasteiger partial charge in [0.05, 0.1) is 17.4 Å². The lowest BCUT2D eigenvalue weighted by atomic mass is 10.1. The van der Waals surface area contributed by atoms with Crippen molar-refractivity contribution in [3.05, 3.63) is 53.2 Å². The fourth-order valence-electron chi connectivity index (χ4n) is 3.04. The van der Waals surface area contributed by atoms with Crippen molar-refractivity contribution in [2.24, 2.45) is 0 Å². The van der Waals surface area contributed by atoms with Crippen molar-refractivity contribution in [2.45, 2.75) is 52.4 Å². The second-order valence-corrected chi connectivity index (χ2v) is 7.27. The standard InChI is InChI=1S/C20H22F3N5O/c1-12(2)26-19(29)18-15-11-28(27-17(15)5-7-24-18)10-14-8-13(3)16(25-9-14)4-6-20(21,22)23/h5,7-9,11-12H,4,6,10H2,1-3H3,(H,26,29). The van der Waals surface area contributed by atoms with Gasteiger partial charge in [-0.25, -0.2) is 0 Å². The number of hydrogen-bond donors (Lipinski definition) is 1. The molecule has 0 atom stereocenters. The average molecular weight is 405 g/mol. The number of carbonyl (C=O) groups is 1. The van der Waals surface area contributed by atoms with Crippen LogP contribution in [0.25, 0.3) is 10.9 Å². The van der Waals surface area contributed by atoms with Crippen molar-refractivity contribution in [1.29, 1.82) is 0 Å². The number of aryl methyl sites for hydroxylation is 2. The molecular weight excluding hydrogens is 383 g/mol. The molecule has 0 spiro atoms. The third-order valence-corrected chi connectivity index (χ3v) is 4.35. The molecule has 3 aromatic heterocycles. The van der Waals surface area contributed by atoms with E-state index in [9.17, 15) is 18.0 Å². The number of pyridine rings is 2. The van der Waals surface area contributed by atoms with Crippen LogP contribution in [0.2, 0.25) is 0 Å². The maximum atomic E-state index is 12.4. The molecule has 0 saturated carbocycles. The Morgan fingerprint density at radius 2 is 2.03 bits per heavy atom. The van der Waals surface area contributed by atoms with Crippen LogP contribution in [0, 0.1) is 6.92 Å². The molecule has 1 N–H and O–H groups in total. The van der Waals surface area contributed by atoms with Crippen LogP contribution in [0.1, 0.15) is 47.6 Å². The molecule has 3 aromatic rings.